The van der Waals surface area contributed by atoms with Gasteiger partial charge in [0.1, 0.15) is 0 Å². The number of nitrogens with one attached hydrogen (secondary N) is 1. The quantitative estimate of drug-likeness (QED) is 0.629. The molecule has 0 bridgehead atoms. The number of benzene rings is 1. The molecule has 23 heavy (non-hydrogen) atoms. The fraction of sp³-hybridized carbons (Fsp3) is 0.600. The van der Waals surface area contributed by atoms with E-state index in [4.69, 9.17) is 0 Å². The van der Waals surface area contributed by atoms with Gasteiger partial charge in [-0.1, -0.05) is 26.0 Å². The first-order valence-electron chi connectivity index (χ1n) is 7.62. The van der Waals surface area contributed by atoms with Crippen LogP contribution in [0.25, 0.3) is 0 Å². The number of rotatable bonds is 6. The minimum Gasteiger partial charge on any atom is -0.297 e. The van der Waals surface area contributed by atoms with E-state index >= 15 is 0 Å². The molecule has 1 heterocycles. The summed E-state index contributed by atoms with van der Waals surface area (Å²) in [6.07, 6.45) is 1.91. The van der Waals surface area contributed by atoms with E-state index in [1.54, 1.807) is 6.07 Å². The SMILES string of the molecule is CC(C)c1ccc(CN2CC[C@H](NS(C)(=O)=O)C2)cc1[N+](=O)[O-]. The van der Waals surface area contributed by atoms with Crippen molar-refractivity contribution >= 4 is 15.7 Å². The van der Waals surface area contributed by atoms with E-state index < -0.39 is 10.0 Å². The summed E-state index contributed by atoms with van der Waals surface area (Å²) in [6, 6.07) is 5.28. The molecule has 1 N–H and O–H groups in total. The smallest absolute Gasteiger partial charge is 0.273 e. The number of hydrogen-bond acceptors (Lipinski definition) is 5. The van der Waals surface area contributed by atoms with Gasteiger partial charge in [0, 0.05) is 37.3 Å². The van der Waals surface area contributed by atoms with Gasteiger partial charge in [-0.3, -0.25) is 15.0 Å². The van der Waals surface area contributed by atoms with Crippen LogP contribution < -0.4 is 4.72 Å². The van der Waals surface area contributed by atoms with Crippen molar-refractivity contribution in [3.05, 3.63) is 39.4 Å². The Morgan fingerprint density at radius 2 is 2.13 bits per heavy atom. The minimum atomic E-state index is -3.20. The zero-order valence-electron chi connectivity index (χ0n) is 13.7. The van der Waals surface area contributed by atoms with Crippen LogP contribution in [0.2, 0.25) is 0 Å². The Kier molecular flexibility index (Phi) is 5.38. The highest BCUT2D eigenvalue weighted by Gasteiger charge is 2.25. The maximum atomic E-state index is 11.3. The van der Waals surface area contributed by atoms with Crippen molar-refractivity contribution in [2.75, 3.05) is 19.3 Å². The summed E-state index contributed by atoms with van der Waals surface area (Å²) in [5.74, 6) is 0.0968. The predicted octanol–water partition coefficient (Wildman–Crippen LogP) is 1.84. The molecule has 1 atom stereocenters. The van der Waals surface area contributed by atoms with Crippen LogP contribution in [-0.4, -0.2) is 43.6 Å². The van der Waals surface area contributed by atoms with Crippen LogP contribution in [0.4, 0.5) is 5.69 Å². The normalized spacial score (nSPS) is 19.4. The van der Waals surface area contributed by atoms with Gasteiger partial charge in [0.05, 0.1) is 11.2 Å². The highest BCUT2D eigenvalue weighted by atomic mass is 32.2. The van der Waals surface area contributed by atoms with Crippen LogP contribution in [0.3, 0.4) is 0 Å². The summed E-state index contributed by atoms with van der Waals surface area (Å²) in [4.78, 5) is 13.0. The third-order valence-electron chi connectivity index (χ3n) is 3.97. The molecule has 0 unspecified atom stereocenters. The highest BCUT2D eigenvalue weighted by Crippen LogP contribution is 2.28. The summed E-state index contributed by atoms with van der Waals surface area (Å²) in [6.45, 7) is 5.84. The molecule has 0 spiro atoms. The van der Waals surface area contributed by atoms with Gasteiger partial charge < -0.3 is 0 Å². The van der Waals surface area contributed by atoms with Crippen LogP contribution in [0.15, 0.2) is 18.2 Å². The van der Waals surface area contributed by atoms with Gasteiger partial charge in [0.15, 0.2) is 0 Å². The first kappa shape index (κ1) is 17.8. The molecule has 1 fully saturated rings. The maximum absolute atomic E-state index is 11.3. The Hall–Kier alpha value is -1.51. The lowest BCUT2D eigenvalue weighted by Crippen LogP contribution is -2.36. The molecular formula is C15H23N3O4S. The van der Waals surface area contributed by atoms with E-state index in [2.05, 4.69) is 9.62 Å². The van der Waals surface area contributed by atoms with Gasteiger partial charge in [0.2, 0.25) is 10.0 Å². The molecule has 1 aromatic rings. The van der Waals surface area contributed by atoms with Crippen molar-refractivity contribution in [1.82, 2.24) is 9.62 Å². The number of nitrogens with zero attached hydrogens (tertiary/aromatic N) is 2. The minimum absolute atomic E-state index is 0.0880. The molecule has 7 nitrogen and oxygen atoms in total. The van der Waals surface area contributed by atoms with Crippen molar-refractivity contribution in [3.8, 4) is 0 Å². The Balaban J connectivity index is 2.07. The molecule has 0 radical (unpaired) electrons. The Labute approximate surface area is 136 Å². The lowest BCUT2D eigenvalue weighted by atomic mass is 9.99. The third kappa shape index (κ3) is 4.98. The van der Waals surface area contributed by atoms with E-state index in [0.29, 0.717) is 13.1 Å². The number of sulfonamides is 1. The van der Waals surface area contributed by atoms with Crippen LogP contribution in [-0.2, 0) is 16.6 Å². The summed E-state index contributed by atoms with van der Waals surface area (Å²) < 4.78 is 25.1. The number of hydrogen-bond donors (Lipinski definition) is 1. The molecule has 0 saturated carbocycles. The zero-order chi connectivity index (χ0) is 17.2. The Bertz CT molecular complexity index is 688. The van der Waals surface area contributed by atoms with Gasteiger partial charge in [0.25, 0.3) is 5.69 Å². The van der Waals surface area contributed by atoms with Gasteiger partial charge in [-0.25, -0.2) is 13.1 Å². The van der Waals surface area contributed by atoms with E-state index in [1.807, 2.05) is 26.0 Å². The zero-order valence-corrected chi connectivity index (χ0v) is 14.5. The fourth-order valence-electron chi connectivity index (χ4n) is 2.97. The third-order valence-corrected chi connectivity index (χ3v) is 4.73. The van der Waals surface area contributed by atoms with Gasteiger partial charge in [-0.2, -0.15) is 0 Å². The average Bonchev–Trinajstić information content (AvgIpc) is 2.83. The molecule has 8 heteroatoms. The van der Waals surface area contributed by atoms with E-state index in [1.165, 1.54) is 0 Å². The van der Waals surface area contributed by atoms with Crippen LogP contribution in [0.1, 0.15) is 37.3 Å². The molecule has 128 valence electrons. The molecule has 1 aliphatic heterocycles. The second-order valence-electron chi connectivity index (χ2n) is 6.42. The number of nitro benzene ring substituents is 1. The van der Waals surface area contributed by atoms with Crippen molar-refractivity contribution in [2.45, 2.75) is 38.8 Å². The van der Waals surface area contributed by atoms with Crippen molar-refractivity contribution < 1.29 is 13.3 Å². The van der Waals surface area contributed by atoms with Crippen molar-refractivity contribution in [1.29, 1.82) is 0 Å². The van der Waals surface area contributed by atoms with Crippen LogP contribution in [0.5, 0.6) is 0 Å². The molecule has 1 aromatic carbocycles. The summed E-state index contributed by atoms with van der Waals surface area (Å²) in [5.41, 5.74) is 1.76. The molecule has 0 aliphatic carbocycles. The molecular weight excluding hydrogens is 318 g/mol. The molecule has 1 aliphatic rings. The average molecular weight is 341 g/mol. The van der Waals surface area contributed by atoms with Crippen LogP contribution in [0, 0.1) is 10.1 Å². The van der Waals surface area contributed by atoms with E-state index in [9.17, 15) is 18.5 Å². The monoisotopic (exact) mass is 341 g/mol. The lowest BCUT2D eigenvalue weighted by Gasteiger charge is -2.17. The standard InChI is InChI=1S/C15H23N3O4S/c1-11(2)14-5-4-12(8-15(14)18(19)20)9-17-7-6-13(10-17)16-23(3,21)22/h4-5,8,11,13,16H,6-7,9-10H2,1-3H3/t13-/m0/s1. The summed E-state index contributed by atoms with van der Waals surface area (Å²) in [7, 11) is -3.20. The molecule has 1 saturated heterocycles. The number of likely N-dealkylation sites (tertiary alicyclic amines) is 1. The second-order valence-corrected chi connectivity index (χ2v) is 8.20. The highest BCUT2D eigenvalue weighted by molar-refractivity contribution is 7.88. The van der Waals surface area contributed by atoms with Gasteiger partial charge in [-0.15, -0.1) is 0 Å². The predicted molar refractivity (Wildman–Crippen MR) is 88.8 cm³/mol. The largest absolute Gasteiger partial charge is 0.297 e. The number of nitro groups is 1. The van der Waals surface area contributed by atoms with Crippen molar-refractivity contribution in [2.24, 2.45) is 0 Å². The van der Waals surface area contributed by atoms with Crippen molar-refractivity contribution in [3.63, 3.8) is 0 Å². The lowest BCUT2D eigenvalue weighted by molar-refractivity contribution is -0.385. The van der Waals surface area contributed by atoms with E-state index in [0.717, 1.165) is 30.3 Å². The summed E-state index contributed by atoms with van der Waals surface area (Å²) >= 11 is 0. The molecule has 0 amide bonds. The molecule has 0 aromatic heterocycles. The summed E-state index contributed by atoms with van der Waals surface area (Å²) in [5, 5.41) is 11.2. The van der Waals surface area contributed by atoms with Gasteiger partial charge >= 0.3 is 0 Å². The molecule has 2 rings (SSSR count). The topological polar surface area (TPSA) is 92.6 Å². The Morgan fingerprint density at radius 3 is 2.70 bits per heavy atom. The second kappa shape index (κ2) is 6.94. The van der Waals surface area contributed by atoms with Gasteiger partial charge in [-0.05, 0) is 17.9 Å². The first-order valence-corrected chi connectivity index (χ1v) is 9.51. The van der Waals surface area contributed by atoms with Crippen LogP contribution >= 0.6 is 0 Å². The van der Waals surface area contributed by atoms with E-state index in [-0.39, 0.29) is 22.6 Å². The maximum Gasteiger partial charge on any atom is 0.273 e. The Morgan fingerprint density at radius 1 is 1.43 bits per heavy atom. The first-order chi connectivity index (χ1) is 10.7. The fourth-order valence-corrected chi connectivity index (χ4v) is 3.77.